The van der Waals surface area contributed by atoms with Crippen LogP contribution in [-0.2, 0) is 0 Å². The van der Waals surface area contributed by atoms with Gasteiger partial charge in [-0.2, -0.15) is 0 Å². The third-order valence-electron chi connectivity index (χ3n) is 4.47. The van der Waals surface area contributed by atoms with Crippen molar-refractivity contribution in [1.82, 2.24) is 10.2 Å². The zero-order valence-electron chi connectivity index (χ0n) is 15.9. The summed E-state index contributed by atoms with van der Waals surface area (Å²) in [6.07, 6.45) is 0. The van der Waals surface area contributed by atoms with E-state index in [1.54, 1.807) is 30.3 Å². The minimum Gasteiger partial charge on any atom is -0.454 e. The molecule has 0 saturated heterocycles. The number of fused-ring (bicyclic) bond motifs is 1. The fourth-order valence-electron chi connectivity index (χ4n) is 3.20. The molecule has 0 bridgehead atoms. The molecule has 0 radical (unpaired) electrons. The van der Waals surface area contributed by atoms with Gasteiger partial charge in [-0.05, 0) is 62.2 Å². The van der Waals surface area contributed by atoms with Crippen molar-refractivity contribution in [2.75, 3.05) is 17.4 Å². The van der Waals surface area contributed by atoms with E-state index in [2.05, 4.69) is 53.7 Å². The van der Waals surface area contributed by atoms with E-state index in [-0.39, 0.29) is 12.7 Å². The highest BCUT2D eigenvalue weighted by Gasteiger charge is 2.16. The molecule has 4 rings (SSSR count). The summed E-state index contributed by atoms with van der Waals surface area (Å²) in [5.74, 6) is 1.87. The molecule has 28 heavy (non-hydrogen) atoms. The summed E-state index contributed by atoms with van der Waals surface area (Å²) in [6.45, 7) is 6.34. The summed E-state index contributed by atoms with van der Waals surface area (Å²) in [7, 11) is 0. The Morgan fingerprint density at radius 2 is 1.57 bits per heavy atom. The Bertz CT molecular complexity index is 1030. The number of carbonyl (C=O) groups excluding carboxylic acids is 1. The summed E-state index contributed by atoms with van der Waals surface area (Å²) in [5.41, 5.74) is 4.96. The molecule has 7 heteroatoms. The molecule has 2 heterocycles. The summed E-state index contributed by atoms with van der Waals surface area (Å²) in [6, 6.07) is 12.7. The maximum atomic E-state index is 12.4. The summed E-state index contributed by atoms with van der Waals surface area (Å²) in [5, 5.41) is 14.3. The Hall–Kier alpha value is -3.61. The number of nitrogens with one attached hydrogen (secondary N) is 2. The monoisotopic (exact) mass is 376 g/mol. The molecule has 0 aliphatic carbocycles. The van der Waals surface area contributed by atoms with E-state index in [1.807, 2.05) is 0 Å². The number of aromatic nitrogens is 2. The normalized spacial score (nSPS) is 12.0. The van der Waals surface area contributed by atoms with Gasteiger partial charge in [0.1, 0.15) is 0 Å². The van der Waals surface area contributed by atoms with E-state index in [0.29, 0.717) is 28.7 Å². The minimum absolute atomic E-state index is 0.167. The Morgan fingerprint density at radius 1 is 0.893 bits per heavy atom. The first-order valence-corrected chi connectivity index (χ1v) is 8.89. The molecular formula is C21H20N4O3. The van der Waals surface area contributed by atoms with Gasteiger partial charge in [-0.25, -0.2) is 0 Å². The van der Waals surface area contributed by atoms with Crippen molar-refractivity contribution in [1.29, 1.82) is 0 Å². The zero-order valence-corrected chi connectivity index (χ0v) is 15.9. The van der Waals surface area contributed by atoms with Gasteiger partial charge in [-0.3, -0.25) is 4.79 Å². The van der Waals surface area contributed by atoms with E-state index in [0.717, 1.165) is 16.8 Å². The van der Waals surface area contributed by atoms with E-state index >= 15 is 0 Å². The van der Waals surface area contributed by atoms with Crippen molar-refractivity contribution in [2.24, 2.45) is 0 Å². The highest BCUT2D eigenvalue weighted by atomic mass is 16.7. The largest absolute Gasteiger partial charge is 0.454 e. The van der Waals surface area contributed by atoms with Gasteiger partial charge in [0.15, 0.2) is 23.1 Å². The number of ether oxygens (including phenoxy) is 2. The van der Waals surface area contributed by atoms with Crippen LogP contribution in [0, 0.1) is 20.8 Å². The van der Waals surface area contributed by atoms with E-state index in [1.165, 1.54) is 5.56 Å². The van der Waals surface area contributed by atoms with Crippen LogP contribution in [0.5, 0.6) is 11.5 Å². The van der Waals surface area contributed by atoms with Crippen molar-refractivity contribution >= 4 is 23.2 Å². The van der Waals surface area contributed by atoms with Gasteiger partial charge < -0.3 is 20.1 Å². The number of aryl methyl sites for hydroxylation is 3. The van der Waals surface area contributed by atoms with Gasteiger partial charge in [0, 0.05) is 11.3 Å². The summed E-state index contributed by atoms with van der Waals surface area (Å²) < 4.78 is 10.6. The number of carbonyl (C=O) groups is 1. The second-order valence-corrected chi connectivity index (χ2v) is 6.72. The standard InChI is InChI=1S/C21H20N4O3/c1-12-8-13(2)20(14(3)9-12)22-18-6-7-19(25-24-18)23-21(26)15-4-5-16-17(10-15)28-11-27-16/h4-10H,11H2,1-3H3,(H,22,24)(H,23,25,26). The Morgan fingerprint density at radius 3 is 2.29 bits per heavy atom. The summed E-state index contributed by atoms with van der Waals surface area (Å²) in [4.78, 5) is 12.4. The quantitative estimate of drug-likeness (QED) is 0.712. The van der Waals surface area contributed by atoms with Crippen LogP contribution in [-0.4, -0.2) is 22.9 Å². The van der Waals surface area contributed by atoms with Gasteiger partial charge in [0.2, 0.25) is 6.79 Å². The molecule has 0 unspecified atom stereocenters. The van der Waals surface area contributed by atoms with E-state index in [9.17, 15) is 4.79 Å². The van der Waals surface area contributed by atoms with Crippen LogP contribution in [0.15, 0.2) is 42.5 Å². The van der Waals surface area contributed by atoms with Crippen LogP contribution in [0.4, 0.5) is 17.3 Å². The van der Waals surface area contributed by atoms with Gasteiger partial charge in [0.05, 0.1) is 0 Å². The van der Waals surface area contributed by atoms with Crippen LogP contribution in [0.25, 0.3) is 0 Å². The second kappa shape index (κ2) is 7.19. The number of hydrogen-bond donors (Lipinski definition) is 2. The number of rotatable bonds is 4. The lowest BCUT2D eigenvalue weighted by Crippen LogP contribution is -2.13. The number of hydrogen-bond acceptors (Lipinski definition) is 6. The fourth-order valence-corrected chi connectivity index (χ4v) is 3.20. The van der Waals surface area contributed by atoms with Gasteiger partial charge in [0.25, 0.3) is 5.91 Å². The molecule has 1 aliphatic heterocycles. The lowest BCUT2D eigenvalue weighted by Gasteiger charge is -2.13. The molecule has 1 aliphatic rings. The van der Waals surface area contributed by atoms with E-state index < -0.39 is 0 Å². The van der Waals surface area contributed by atoms with Crippen molar-refractivity contribution in [3.05, 3.63) is 64.7 Å². The van der Waals surface area contributed by atoms with Crippen LogP contribution < -0.4 is 20.1 Å². The predicted octanol–water partition coefficient (Wildman–Crippen LogP) is 4.13. The molecule has 2 N–H and O–H groups in total. The SMILES string of the molecule is Cc1cc(C)c(Nc2ccc(NC(=O)c3ccc4c(c3)OCO4)nn2)c(C)c1. The first-order valence-electron chi connectivity index (χ1n) is 8.89. The Balaban J connectivity index is 1.46. The van der Waals surface area contributed by atoms with Crippen LogP contribution in [0.3, 0.4) is 0 Å². The highest BCUT2D eigenvalue weighted by Crippen LogP contribution is 2.32. The predicted molar refractivity (Wildman–Crippen MR) is 106 cm³/mol. The first kappa shape index (κ1) is 17.8. The lowest BCUT2D eigenvalue weighted by atomic mass is 10.1. The summed E-state index contributed by atoms with van der Waals surface area (Å²) >= 11 is 0. The molecule has 2 aromatic carbocycles. The van der Waals surface area contributed by atoms with Crippen LogP contribution in [0.2, 0.25) is 0 Å². The van der Waals surface area contributed by atoms with Gasteiger partial charge in [-0.15, -0.1) is 10.2 Å². The average molecular weight is 376 g/mol. The maximum absolute atomic E-state index is 12.4. The van der Waals surface area contributed by atoms with Gasteiger partial charge >= 0.3 is 0 Å². The molecule has 7 nitrogen and oxygen atoms in total. The van der Waals surface area contributed by atoms with Crippen molar-refractivity contribution in [3.8, 4) is 11.5 Å². The van der Waals surface area contributed by atoms with Crippen molar-refractivity contribution < 1.29 is 14.3 Å². The van der Waals surface area contributed by atoms with Crippen molar-refractivity contribution in [3.63, 3.8) is 0 Å². The highest BCUT2D eigenvalue weighted by molar-refractivity contribution is 6.04. The molecular weight excluding hydrogens is 356 g/mol. The molecule has 0 spiro atoms. The maximum Gasteiger partial charge on any atom is 0.257 e. The molecule has 1 amide bonds. The first-order chi connectivity index (χ1) is 13.5. The molecule has 0 fully saturated rings. The van der Waals surface area contributed by atoms with Crippen LogP contribution >= 0.6 is 0 Å². The lowest BCUT2D eigenvalue weighted by molar-refractivity contribution is 0.102. The second-order valence-electron chi connectivity index (χ2n) is 6.72. The zero-order chi connectivity index (χ0) is 19.7. The number of nitrogens with zero attached hydrogens (tertiary/aromatic N) is 2. The minimum atomic E-state index is -0.293. The Labute approximate surface area is 162 Å². The average Bonchev–Trinajstić information content (AvgIpc) is 3.13. The van der Waals surface area contributed by atoms with E-state index in [4.69, 9.17) is 9.47 Å². The molecule has 0 saturated carbocycles. The third-order valence-corrected chi connectivity index (χ3v) is 4.47. The molecule has 3 aromatic rings. The molecule has 142 valence electrons. The number of benzene rings is 2. The fraction of sp³-hybridized carbons (Fsp3) is 0.190. The van der Waals surface area contributed by atoms with Crippen LogP contribution in [0.1, 0.15) is 27.0 Å². The smallest absolute Gasteiger partial charge is 0.257 e. The number of amides is 1. The number of anilines is 3. The third kappa shape index (κ3) is 3.59. The topological polar surface area (TPSA) is 85.4 Å². The van der Waals surface area contributed by atoms with Gasteiger partial charge in [-0.1, -0.05) is 17.7 Å². The van der Waals surface area contributed by atoms with Crippen molar-refractivity contribution in [2.45, 2.75) is 20.8 Å². The molecule has 0 atom stereocenters. The Kier molecular flexibility index (Phi) is 4.57. The molecule has 1 aromatic heterocycles.